The minimum absolute atomic E-state index is 0.267. The zero-order valence-corrected chi connectivity index (χ0v) is 10.2. The number of hydrogen-bond donors (Lipinski definition) is 0. The van der Waals surface area contributed by atoms with Crippen LogP contribution >= 0.6 is 15.9 Å². The molecule has 0 aromatic rings. The molecule has 0 N–H and O–H groups in total. The summed E-state index contributed by atoms with van der Waals surface area (Å²) in [7, 11) is 0. The number of carbonyl (C=O) groups is 2. The van der Waals surface area contributed by atoms with Gasteiger partial charge in [-0.15, -0.1) is 0 Å². The van der Waals surface area contributed by atoms with Crippen LogP contribution in [0.4, 0.5) is 0 Å². The first-order chi connectivity index (χ1) is 7.00. The van der Waals surface area contributed by atoms with E-state index in [4.69, 9.17) is 14.2 Å². The predicted octanol–water partition coefficient (Wildman–Crippen LogP) is 0.643. The molecule has 3 unspecified atom stereocenters. The molecule has 0 aromatic carbocycles. The van der Waals surface area contributed by atoms with Crippen LogP contribution in [0, 0.1) is 0 Å². The minimum atomic E-state index is -0.499. The average molecular weight is 281 g/mol. The van der Waals surface area contributed by atoms with Crippen LogP contribution in [0.3, 0.4) is 0 Å². The maximum absolute atomic E-state index is 11.3. The molecule has 1 aliphatic heterocycles. The molecule has 5 nitrogen and oxygen atoms in total. The van der Waals surface area contributed by atoms with Gasteiger partial charge in [0, 0.05) is 6.92 Å². The van der Waals surface area contributed by atoms with Gasteiger partial charge in [-0.2, -0.15) is 0 Å². The summed E-state index contributed by atoms with van der Waals surface area (Å²) in [4.78, 5) is 21.6. The van der Waals surface area contributed by atoms with Gasteiger partial charge in [0.15, 0.2) is 12.2 Å². The molecule has 0 saturated carbocycles. The summed E-state index contributed by atoms with van der Waals surface area (Å²) in [5.41, 5.74) is 0. The van der Waals surface area contributed by atoms with Crippen molar-refractivity contribution in [2.75, 3.05) is 13.2 Å². The Morgan fingerprint density at radius 1 is 1.33 bits per heavy atom. The van der Waals surface area contributed by atoms with Crippen LogP contribution < -0.4 is 0 Å². The summed E-state index contributed by atoms with van der Waals surface area (Å²) in [5.74, 6) is -0.791. The summed E-state index contributed by atoms with van der Waals surface area (Å²) in [5, 5.41) is 0. The lowest BCUT2D eigenvalue weighted by Crippen LogP contribution is -2.34. The molecule has 1 saturated heterocycles. The lowest BCUT2D eigenvalue weighted by molar-refractivity contribution is -0.161. The molecule has 0 amide bonds. The van der Waals surface area contributed by atoms with Crippen LogP contribution in [-0.2, 0) is 23.8 Å². The molecule has 15 heavy (non-hydrogen) atoms. The summed E-state index contributed by atoms with van der Waals surface area (Å²) < 4.78 is 15.1. The highest BCUT2D eigenvalue weighted by Gasteiger charge is 2.34. The molecule has 1 fully saturated rings. The molecular weight excluding hydrogens is 268 g/mol. The van der Waals surface area contributed by atoms with Crippen LogP contribution in [-0.4, -0.2) is 42.2 Å². The van der Waals surface area contributed by atoms with Crippen LogP contribution in [0.5, 0.6) is 0 Å². The Morgan fingerprint density at radius 2 is 1.87 bits per heavy atom. The number of alkyl halides is 1. The van der Waals surface area contributed by atoms with E-state index in [1.807, 2.05) is 0 Å². The number of halogens is 1. The van der Waals surface area contributed by atoms with Crippen molar-refractivity contribution in [1.82, 2.24) is 0 Å². The van der Waals surface area contributed by atoms with E-state index >= 15 is 0 Å². The normalized spacial score (nSPS) is 27.1. The van der Waals surface area contributed by atoms with Crippen LogP contribution in [0.25, 0.3) is 0 Å². The summed E-state index contributed by atoms with van der Waals surface area (Å²) >= 11 is 3.09. The molecule has 0 aliphatic carbocycles. The van der Waals surface area contributed by atoms with Gasteiger partial charge in [0.2, 0.25) is 0 Å². The monoisotopic (exact) mass is 280 g/mol. The van der Waals surface area contributed by atoms with Gasteiger partial charge in [-0.05, 0) is 6.92 Å². The summed E-state index contributed by atoms with van der Waals surface area (Å²) in [6.07, 6.45) is -0.987. The van der Waals surface area contributed by atoms with Gasteiger partial charge in [-0.1, -0.05) is 15.9 Å². The van der Waals surface area contributed by atoms with Crippen molar-refractivity contribution in [1.29, 1.82) is 0 Å². The Kier molecular flexibility index (Phi) is 4.53. The first-order valence-corrected chi connectivity index (χ1v) is 5.52. The maximum Gasteiger partial charge on any atom is 0.319 e. The van der Waals surface area contributed by atoms with Crippen LogP contribution in [0.1, 0.15) is 13.8 Å². The molecule has 1 heterocycles. The van der Waals surface area contributed by atoms with Gasteiger partial charge in [0.25, 0.3) is 0 Å². The topological polar surface area (TPSA) is 61.8 Å². The van der Waals surface area contributed by atoms with E-state index < -0.39 is 18.2 Å². The van der Waals surface area contributed by atoms with Crippen molar-refractivity contribution in [2.45, 2.75) is 30.9 Å². The lowest BCUT2D eigenvalue weighted by Gasteiger charge is -2.18. The first kappa shape index (κ1) is 12.4. The predicted molar refractivity (Wildman–Crippen MR) is 54.6 cm³/mol. The third-order valence-electron chi connectivity index (χ3n) is 1.89. The van der Waals surface area contributed by atoms with Gasteiger partial charge >= 0.3 is 11.9 Å². The zero-order valence-electron chi connectivity index (χ0n) is 8.57. The quantitative estimate of drug-likeness (QED) is 0.561. The Bertz CT molecular complexity index is 253. The van der Waals surface area contributed by atoms with E-state index in [0.717, 1.165) is 0 Å². The Balaban J connectivity index is 2.46. The van der Waals surface area contributed by atoms with Gasteiger partial charge in [-0.25, -0.2) is 0 Å². The molecule has 6 heteroatoms. The van der Waals surface area contributed by atoms with Gasteiger partial charge < -0.3 is 14.2 Å². The highest BCUT2D eigenvalue weighted by Crippen LogP contribution is 2.15. The SMILES string of the molecule is CC(=O)OC1COCC1OC(=O)C(C)Br. The van der Waals surface area contributed by atoms with Crippen LogP contribution in [0.15, 0.2) is 0 Å². The summed E-state index contributed by atoms with van der Waals surface area (Å²) in [6.45, 7) is 3.51. The highest BCUT2D eigenvalue weighted by molar-refractivity contribution is 9.10. The van der Waals surface area contributed by atoms with Gasteiger partial charge in [0.1, 0.15) is 4.83 Å². The number of hydrogen-bond acceptors (Lipinski definition) is 5. The van der Waals surface area contributed by atoms with E-state index in [9.17, 15) is 9.59 Å². The molecule has 0 bridgehead atoms. The molecule has 1 rings (SSSR count). The molecule has 0 radical (unpaired) electrons. The van der Waals surface area contributed by atoms with E-state index in [-0.39, 0.29) is 24.0 Å². The van der Waals surface area contributed by atoms with Crippen molar-refractivity contribution < 1.29 is 23.8 Å². The van der Waals surface area contributed by atoms with Crippen molar-refractivity contribution >= 4 is 27.9 Å². The molecule has 1 aliphatic rings. The highest BCUT2D eigenvalue weighted by atomic mass is 79.9. The minimum Gasteiger partial charge on any atom is -0.456 e. The smallest absolute Gasteiger partial charge is 0.319 e. The van der Waals surface area contributed by atoms with Crippen molar-refractivity contribution in [3.63, 3.8) is 0 Å². The molecule has 86 valence electrons. The van der Waals surface area contributed by atoms with E-state index in [1.165, 1.54) is 6.92 Å². The van der Waals surface area contributed by atoms with Gasteiger partial charge in [0.05, 0.1) is 13.2 Å². The van der Waals surface area contributed by atoms with E-state index in [0.29, 0.717) is 0 Å². The molecule has 0 aromatic heterocycles. The second-order valence-corrected chi connectivity index (χ2v) is 4.65. The van der Waals surface area contributed by atoms with Crippen LogP contribution in [0.2, 0.25) is 0 Å². The lowest BCUT2D eigenvalue weighted by atomic mass is 10.2. The summed E-state index contributed by atoms with van der Waals surface area (Å²) in [6, 6.07) is 0. The second kappa shape index (κ2) is 5.46. The number of carbonyl (C=O) groups excluding carboxylic acids is 2. The fourth-order valence-electron chi connectivity index (χ4n) is 1.19. The van der Waals surface area contributed by atoms with Crippen molar-refractivity contribution in [3.05, 3.63) is 0 Å². The standard InChI is InChI=1S/C9H13BrO5/c1-5(10)9(12)15-8-4-13-3-7(8)14-6(2)11/h5,7-8H,3-4H2,1-2H3. The molecule has 0 spiro atoms. The van der Waals surface area contributed by atoms with Crippen molar-refractivity contribution in [3.8, 4) is 0 Å². The van der Waals surface area contributed by atoms with Gasteiger partial charge in [-0.3, -0.25) is 9.59 Å². The number of esters is 2. The Morgan fingerprint density at radius 3 is 2.33 bits per heavy atom. The average Bonchev–Trinajstić information content (AvgIpc) is 2.51. The maximum atomic E-state index is 11.3. The molecule has 3 atom stereocenters. The largest absolute Gasteiger partial charge is 0.456 e. The third-order valence-corrected chi connectivity index (χ3v) is 2.26. The third kappa shape index (κ3) is 3.79. The van der Waals surface area contributed by atoms with Crippen molar-refractivity contribution in [2.24, 2.45) is 0 Å². The zero-order chi connectivity index (χ0) is 11.4. The second-order valence-electron chi connectivity index (χ2n) is 3.28. The fraction of sp³-hybridized carbons (Fsp3) is 0.778. The number of rotatable bonds is 3. The Hall–Kier alpha value is -0.620. The number of ether oxygens (including phenoxy) is 3. The fourth-order valence-corrected chi connectivity index (χ4v) is 1.30. The first-order valence-electron chi connectivity index (χ1n) is 4.60. The van der Waals surface area contributed by atoms with E-state index in [2.05, 4.69) is 15.9 Å². The van der Waals surface area contributed by atoms with E-state index in [1.54, 1.807) is 6.92 Å². The Labute approximate surface area is 96.2 Å². The molecular formula is C9H13BrO5.